The monoisotopic (exact) mass is 620 g/mol. The van der Waals surface area contributed by atoms with Crippen LogP contribution >= 0.6 is 11.8 Å². The third kappa shape index (κ3) is 4.09. The van der Waals surface area contributed by atoms with E-state index in [9.17, 15) is 0 Å². The fraction of sp³-hybridized carbons (Fsp3) is 0.0476. The molecule has 2 aliphatic heterocycles. The zero-order valence-electron chi connectivity index (χ0n) is 25.5. The number of para-hydroxylation sites is 3. The van der Waals surface area contributed by atoms with E-state index in [1.54, 1.807) is 0 Å². The minimum atomic E-state index is 0.0266. The molecule has 2 aliphatic carbocycles. The van der Waals surface area contributed by atoms with Gasteiger partial charge in [0.1, 0.15) is 5.76 Å². The number of allylic oxidation sites excluding steroid dienone is 5. The molecule has 0 bridgehead atoms. The molecule has 0 saturated heterocycles. The van der Waals surface area contributed by atoms with E-state index in [1.165, 1.54) is 37.7 Å². The fourth-order valence-corrected chi connectivity index (χ4v) is 9.04. The molecule has 0 spiro atoms. The highest BCUT2D eigenvalue weighted by Gasteiger charge is 2.45. The highest BCUT2D eigenvalue weighted by atomic mass is 32.2. The Bertz CT molecular complexity index is 2230. The summed E-state index contributed by atoms with van der Waals surface area (Å²) in [6.07, 6.45) is 13.5. The first-order valence-electron chi connectivity index (χ1n) is 16.2. The largest absolute Gasteiger partial charge is 0.473 e. The van der Waals surface area contributed by atoms with Crippen molar-refractivity contribution in [3.63, 3.8) is 0 Å². The van der Waals surface area contributed by atoms with Crippen LogP contribution in [0, 0.1) is 5.92 Å². The van der Waals surface area contributed by atoms with Crippen molar-refractivity contribution in [2.24, 2.45) is 5.92 Å². The fourth-order valence-electron chi connectivity index (χ4n) is 7.80. The summed E-state index contributed by atoms with van der Waals surface area (Å²) in [5.74, 6) is 1.68. The first-order chi connectivity index (χ1) is 23.3. The number of rotatable bonds is 4. The number of furan rings is 1. The van der Waals surface area contributed by atoms with Gasteiger partial charge in [0.2, 0.25) is 0 Å². The molecular weight excluding hydrogens is 591 g/mol. The van der Waals surface area contributed by atoms with Gasteiger partial charge in [-0.25, -0.2) is 0 Å². The first kappa shape index (κ1) is 26.8. The molecule has 47 heavy (non-hydrogen) atoms. The molecule has 10 rings (SSSR count). The van der Waals surface area contributed by atoms with Crippen LogP contribution < -0.4 is 26.4 Å². The second-order valence-electron chi connectivity index (χ2n) is 12.5. The molecule has 222 valence electrons. The lowest BCUT2D eigenvalue weighted by molar-refractivity contribution is 0.483. The van der Waals surface area contributed by atoms with Gasteiger partial charge in [0.25, 0.3) is 6.71 Å². The second kappa shape index (κ2) is 10.6. The van der Waals surface area contributed by atoms with Gasteiger partial charge >= 0.3 is 0 Å². The molecule has 5 aromatic carbocycles. The minimum absolute atomic E-state index is 0.0266. The van der Waals surface area contributed by atoms with Crippen LogP contribution in [-0.2, 0) is 0 Å². The van der Waals surface area contributed by atoms with Gasteiger partial charge in [0, 0.05) is 56.4 Å². The Kier molecular flexibility index (Phi) is 6.03. The van der Waals surface area contributed by atoms with Crippen LogP contribution in [0.25, 0.3) is 6.08 Å². The smallest absolute Gasteiger partial charge is 0.294 e. The molecule has 3 nitrogen and oxygen atoms in total. The molecule has 2 atom stereocenters. The first-order valence-corrected chi connectivity index (χ1v) is 17.0. The van der Waals surface area contributed by atoms with Crippen molar-refractivity contribution < 1.29 is 4.42 Å². The quantitative estimate of drug-likeness (QED) is 0.183. The average molecular weight is 621 g/mol. The Morgan fingerprint density at radius 1 is 0.660 bits per heavy atom. The van der Waals surface area contributed by atoms with E-state index in [0.29, 0.717) is 5.92 Å². The maximum Gasteiger partial charge on any atom is 0.294 e. The van der Waals surface area contributed by atoms with Crippen molar-refractivity contribution in [2.75, 3.05) is 9.80 Å². The summed E-state index contributed by atoms with van der Waals surface area (Å²) >= 11 is 1.86. The Balaban J connectivity index is 1.14. The van der Waals surface area contributed by atoms with Crippen molar-refractivity contribution >= 4 is 75.3 Å². The number of hydrogen-bond donors (Lipinski definition) is 0. The van der Waals surface area contributed by atoms with E-state index in [-0.39, 0.29) is 12.6 Å². The molecular formula is C42H29BN2OS. The molecule has 4 aliphatic rings. The lowest BCUT2D eigenvalue weighted by Crippen LogP contribution is -2.59. The summed E-state index contributed by atoms with van der Waals surface area (Å²) in [4.78, 5) is 7.33. The zero-order valence-corrected chi connectivity index (χ0v) is 26.3. The number of anilines is 6. The van der Waals surface area contributed by atoms with Crippen molar-refractivity contribution in [1.29, 1.82) is 0 Å². The SMILES string of the molecule is C1=CC2C=Cc3c(oc4c3Sc3cccc5c3B4c3ccccc3N5c3cccc(N(c4ccccc4)c4ccccc4)c3)C2C=C1. The summed E-state index contributed by atoms with van der Waals surface area (Å²) in [5.41, 5.74) is 11.8. The summed E-state index contributed by atoms with van der Waals surface area (Å²) in [6, 6.07) is 45.8. The van der Waals surface area contributed by atoms with E-state index >= 15 is 0 Å². The Hall–Kier alpha value is -5.39. The maximum absolute atomic E-state index is 7.01. The van der Waals surface area contributed by atoms with Crippen LogP contribution in [0.5, 0.6) is 0 Å². The van der Waals surface area contributed by atoms with Gasteiger partial charge in [-0.05, 0) is 71.6 Å². The van der Waals surface area contributed by atoms with E-state index in [2.05, 4.69) is 174 Å². The molecule has 6 aromatic rings. The zero-order chi connectivity index (χ0) is 30.9. The van der Waals surface area contributed by atoms with Crippen LogP contribution in [0.4, 0.5) is 34.1 Å². The number of benzene rings is 5. The van der Waals surface area contributed by atoms with Crippen molar-refractivity contribution in [3.05, 3.63) is 169 Å². The maximum atomic E-state index is 7.01. The third-order valence-electron chi connectivity index (χ3n) is 9.83. The van der Waals surface area contributed by atoms with Gasteiger partial charge in [0.15, 0.2) is 0 Å². The van der Waals surface area contributed by atoms with Gasteiger partial charge < -0.3 is 14.2 Å². The molecule has 1 aromatic heterocycles. The predicted octanol–water partition coefficient (Wildman–Crippen LogP) is 9.37. The topological polar surface area (TPSA) is 19.6 Å². The highest BCUT2D eigenvalue weighted by molar-refractivity contribution is 8.00. The van der Waals surface area contributed by atoms with Crippen molar-refractivity contribution in [1.82, 2.24) is 0 Å². The second-order valence-corrected chi connectivity index (χ2v) is 13.5. The van der Waals surface area contributed by atoms with Gasteiger partial charge in [-0.2, -0.15) is 0 Å². The van der Waals surface area contributed by atoms with Crippen molar-refractivity contribution in [3.8, 4) is 0 Å². The van der Waals surface area contributed by atoms with Gasteiger partial charge in [-0.1, -0.05) is 115 Å². The van der Waals surface area contributed by atoms with Crippen LogP contribution in [0.15, 0.2) is 172 Å². The van der Waals surface area contributed by atoms with Gasteiger partial charge in [-0.3, -0.25) is 0 Å². The minimum Gasteiger partial charge on any atom is -0.473 e. The average Bonchev–Trinajstić information content (AvgIpc) is 3.52. The van der Waals surface area contributed by atoms with Crippen LogP contribution in [0.2, 0.25) is 0 Å². The normalized spacial score (nSPS) is 17.8. The molecule has 3 heterocycles. The lowest BCUT2D eigenvalue weighted by atomic mass is 9.37. The third-order valence-corrected chi connectivity index (χ3v) is 11.0. The summed E-state index contributed by atoms with van der Waals surface area (Å²) in [6.45, 7) is 0.0266. The predicted molar refractivity (Wildman–Crippen MR) is 197 cm³/mol. The number of hydrogen-bond acceptors (Lipinski definition) is 4. The van der Waals surface area contributed by atoms with Crippen LogP contribution in [-0.4, -0.2) is 6.71 Å². The molecule has 2 unspecified atom stereocenters. The van der Waals surface area contributed by atoms with Gasteiger partial charge in [0.05, 0.1) is 10.6 Å². The standard InChI is InChI=1S/C42H29BN2OS/c1-3-14-29(15-4-1)44(30-16-5-2-6-17-30)31-18-11-19-32(27-31)45-36-22-10-9-21-35(36)43-39-37(45)23-12-24-38(39)47-41-34-26-25-28-13-7-8-20-33(28)40(34)46-42(41)43/h1-28,33H. The summed E-state index contributed by atoms with van der Waals surface area (Å²) < 4.78 is 7.01. The van der Waals surface area contributed by atoms with E-state index in [0.717, 1.165) is 34.2 Å². The Labute approximate surface area is 279 Å². The molecule has 0 radical (unpaired) electrons. The van der Waals surface area contributed by atoms with Crippen LogP contribution in [0.1, 0.15) is 17.2 Å². The van der Waals surface area contributed by atoms with Crippen molar-refractivity contribution in [2.45, 2.75) is 15.7 Å². The number of nitrogens with zero attached hydrogens (tertiary/aromatic N) is 2. The molecule has 0 fully saturated rings. The van der Waals surface area contributed by atoms with Gasteiger partial charge in [-0.15, -0.1) is 0 Å². The van der Waals surface area contributed by atoms with E-state index in [4.69, 9.17) is 4.42 Å². The molecule has 0 saturated carbocycles. The highest BCUT2D eigenvalue weighted by Crippen LogP contribution is 2.48. The number of fused-ring (bicyclic) bond motifs is 8. The summed E-state index contributed by atoms with van der Waals surface area (Å²) in [5, 5.41) is 0. The molecule has 5 heteroatoms. The molecule has 0 amide bonds. The lowest BCUT2D eigenvalue weighted by Gasteiger charge is -2.39. The Morgan fingerprint density at radius 2 is 1.36 bits per heavy atom. The summed E-state index contributed by atoms with van der Waals surface area (Å²) in [7, 11) is 0. The molecule has 0 N–H and O–H groups in total. The van der Waals surface area contributed by atoms with Crippen LogP contribution in [0.3, 0.4) is 0 Å². The van der Waals surface area contributed by atoms with E-state index in [1.807, 2.05) is 11.8 Å². The Morgan fingerprint density at radius 3 is 2.19 bits per heavy atom. The van der Waals surface area contributed by atoms with E-state index < -0.39 is 0 Å².